The summed E-state index contributed by atoms with van der Waals surface area (Å²) in [5, 5.41) is 7.95. The van der Waals surface area contributed by atoms with Crippen molar-refractivity contribution in [1.82, 2.24) is 10.6 Å². The van der Waals surface area contributed by atoms with Crippen LogP contribution in [0.4, 0.5) is 16.2 Å². The minimum Gasteiger partial charge on any atom is -0.329 e. The number of urea groups is 1. The van der Waals surface area contributed by atoms with Crippen LogP contribution in [0.1, 0.15) is 18.9 Å². The molecule has 2 aromatic rings. The molecule has 7 nitrogen and oxygen atoms in total. The first kappa shape index (κ1) is 19.4. The summed E-state index contributed by atoms with van der Waals surface area (Å²) < 4.78 is 0. The Morgan fingerprint density at radius 2 is 1.79 bits per heavy atom. The number of carbonyl (C=O) groups is 3. The summed E-state index contributed by atoms with van der Waals surface area (Å²) in [5.41, 5.74) is 2.57. The van der Waals surface area contributed by atoms with Gasteiger partial charge < -0.3 is 20.9 Å². The van der Waals surface area contributed by atoms with E-state index in [-0.39, 0.29) is 18.4 Å². The van der Waals surface area contributed by atoms with Gasteiger partial charge in [-0.05, 0) is 36.6 Å². The molecule has 3 N–H and O–H groups in total. The smallest absolute Gasteiger partial charge is 0.315 e. The number of anilines is 2. The van der Waals surface area contributed by atoms with Crippen molar-refractivity contribution < 1.29 is 14.4 Å². The molecule has 7 heteroatoms. The first-order valence-electron chi connectivity index (χ1n) is 9.37. The summed E-state index contributed by atoms with van der Waals surface area (Å²) in [7, 11) is 0. The summed E-state index contributed by atoms with van der Waals surface area (Å²) in [6.45, 7) is 2.38. The standard InChI is InChI=1S/C21H24N4O3/c1-2-15-8-6-7-11-17(15)23-19(26)14-22-21(28)24-18-12-13-25(20(18)27)16-9-4-3-5-10-16/h3-11,18H,2,12-14H2,1H3,(H,23,26)(H2,22,24,28)/t18-/m0/s1. The average Bonchev–Trinajstić information content (AvgIpc) is 3.07. The Morgan fingerprint density at radius 3 is 2.54 bits per heavy atom. The average molecular weight is 380 g/mol. The molecule has 0 aliphatic carbocycles. The fourth-order valence-electron chi connectivity index (χ4n) is 3.19. The molecule has 2 aromatic carbocycles. The molecule has 1 aliphatic rings. The molecule has 1 heterocycles. The molecule has 3 rings (SSSR count). The number of nitrogens with zero attached hydrogens (tertiary/aromatic N) is 1. The molecular formula is C21H24N4O3. The Labute approximate surface area is 164 Å². The lowest BCUT2D eigenvalue weighted by Gasteiger charge is -2.17. The van der Waals surface area contributed by atoms with Crippen LogP contribution in [0, 0.1) is 0 Å². The number of amides is 4. The third-order valence-electron chi connectivity index (χ3n) is 4.66. The quantitative estimate of drug-likeness (QED) is 0.718. The van der Waals surface area contributed by atoms with Crippen LogP contribution in [-0.4, -0.2) is 37.0 Å². The van der Waals surface area contributed by atoms with Gasteiger partial charge >= 0.3 is 6.03 Å². The molecular weight excluding hydrogens is 356 g/mol. The molecule has 1 saturated heterocycles. The number of hydrogen-bond acceptors (Lipinski definition) is 3. The Hall–Kier alpha value is -3.35. The van der Waals surface area contributed by atoms with E-state index in [1.54, 1.807) is 4.90 Å². The number of benzene rings is 2. The van der Waals surface area contributed by atoms with Crippen molar-refractivity contribution in [2.24, 2.45) is 0 Å². The molecule has 0 radical (unpaired) electrons. The van der Waals surface area contributed by atoms with Crippen molar-refractivity contribution >= 4 is 29.2 Å². The molecule has 0 aromatic heterocycles. The van der Waals surface area contributed by atoms with Crippen molar-refractivity contribution in [2.75, 3.05) is 23.3 Å². The zero-order valence-corrected chi connectivity index (χ0v) is 15.8. The van der Waals surface area contributed by atoms with Gasteiger partial charge in [0, 0.05) is 17.9 Å². The molecule has 28 heavy (non-hydrogen) atoms. The highest BCUT2D eigenvalue weighted by Gasteiger charge is 2.33. The Bertz CT molecular complexity index is 854. The van der Waals surface area contributed by atoms with Crippen molar-refractivity contribution in [3.8, 4) is 0 Å². The van der Waals surface area contributed by atoms with Gasteiger partial charge in [-0.1, -0.05) is 43.3 Å². The Balaban J connectivity index is 1.47. The van der Waals surface area contributed by atoms with Crippen LogP contribution >= 0.6 is 0 Å². The number of carbonyl (C=O) groups excluding carboxylic acids is 3. The number of nitrogens with one attached hydrogen (secondary N) is 3. The zero-order valence-electron chi connectivity index (χ0n) is 15.8. The van der Waals surface area contributed by atoms with Crippen LogP contribution in [0.5, 0.6) is 0 Å². The maximum absolute atomic E-state index is 12.5. The van der Waals surface area contributed by atoms with E-state index in [1.807, 2.05) is 61.5 Å². The Morgan fingerprint density at radius 1 is 1.07 bits per heavy atom. The van der Waals surface area contributed by atoms with Gasteiger partial charge in [0.05, 0.1) is 6.54 Å². The van der Waals surface area contributed by atoms with Crippen molar-refractivity contribution in [3.63, 3.8) is 0 Å². The zero-order chi connectivity index (χ0) is 19.9. The number of para-hydroxylation sites is 2. The highest BCUT2D eigenvalue weighted by atomic mass is 16.2. The highest BCUT2D eigenvalue weighted by Crippen LogP contribution is 2.21. The highest BCUT2D eigenvalue weighted by molar-refractivity contribution is 6.01. The number of hydrogen-bond donors (Lipinski definition) is 3. The van der Waals surface area contributed by atoms with Gasteiger partial charge in [0.1, 0.15) is 6.04 Å². The number of aryl methyl sites for hydroxylation is 1. The minimum atomic E-state index is -0.593. The third kappa shape index (κ3) is 4.68. The van der Waals surface area contributed by atoms with Gasteiger partial charge in [0.2, 0.25) is 11.8 Å². The number of rotatable bonds is 6. The largest absolute Gasteiger partial charge is 0.329 e. The van der Waals surface area contributed by atoms with Crippen LogP contribution < -0.4 is 20.9 Å². The summed E-state index contributed by atoms with van der Waals surface area (Å²) in [5.74, 6) is -0.470. The second kappa shape index (κ2) is 9.03. The topological polar surface area (TPSA) is 90.5 Å². The van der Waals surface area contributed by atoms with Gasteiger partial charge in [-0.2, -0.15) is 0 Å². The van der Waals surface area contributed by atoms with E-state index in [2.05, 4.69) is 16.0 Å². The van der Waals surface area contributed by atoms with Crippen LogP contribution in [-0.2, 0) is 16.0 Å². The van der Waals surface area contributed by atoms with E-state index in [1.165, 1.54) is 0 Å². The lowest BCUT2D eigenvalue weighted by atomic mass is 10.1. The molecule has 1 atom stereocenters. The third-order valence-corrected chi connectivity index (χ3v) is 4.66. The van der Waals surface area contributed by atoms with Crippen molar-refractivity contribution in [3.05, 3.63) is 60.2 Å². The maximum atomic E-state index is 12.5. The second-order valence-corrected chi connectivity index (χ2v) is 6.55. The van der Waals surface area contributed by atoms with E-state index in [9.17, 15) is 14.4 Å². The summed E-state index contributed by atoms with van der Waals surface area (Å²) in [4.78, 5) is 38.3. The Kier molecular flexibility index (Phi) is 6.26. The van der Waals surface area contributed by atoms with Crippen LogP contribution in [0.15, 0.2) is 54.6 Å². The minimum absolute atomic E-state index is 0.150. The first-order chi connectivity index (χ1) is 13.6. The first-order valence-corrected chi connectivity index (χ1v) is 9.37. The van der Waals surface area contributed by atoms with E-state index in [0.29, 0.717) is 13.0 Å². The monoisotopic (exact) mass is 380 g/mol. The molecule has 1 fully saturated rings. The van der Waals surface area contributed by atoms with Crippen molar-refractivity contribution in [1.29, 1.82) is 0 Å². The van der Waals surface area contributed by atoms with Gasteiger partial charge in [0.25, 0.3) is 0 Å². The molecule has 0 saturated carbocycles. The summed E-state index contributed by atoms with van der Waals surface area (Å²) in [6.07, 6.45) is 1.32. The van der Waals surface area contributed by atoms with Crippen molar-refractivity contribution in [2.45, 2.75) is 25.8 Å². The fraction of sp³-hybridized carbons (Fsp3) is 0.286. The molecule has 4 amide bonds. The van der Waals surface area contributed by atoms with Gasteiger partial charge in [-0.25, -0.2) is 4.79 Å². The lowest BCUT2D eigenvalue weighted by molar-refractivity contribution is -0.118. The molecule has 146 valence electrons. The van der Waals surface area contributed by atoms with Gasteiger partial charge in [0.15, 0.2) is 0 Å². The molecule has 0 spiro atoms. The summed E-state index contributed by atoms with van der Waals surface area (Å²) in [6, 6.07) is 15.7. The summed E-state index contributed by atoms with van der Waals surface area (Å²) >= 11 is 0. The van der Waals surface area contributed by atoms with E-state index < -0.39 is 12.1 Å². The van der Waals surface area contributed by atoms with Crippen LogP contribution in [0.2, 0.25) is 0 Å². The SMILES string of the molecule is CCc1ccccc1NC(=O)CNC(=O)N[C@H]1CCN(c2ccccc2)C1=O. The predicted octanol–water partition coefficient (Wildman–Crippen LogP) is 2.29. The van der Waals surface area contributed by atoms with Crippen LogP contribution in [0.25, 0.3) is 0 Å². The van der Waals surface area contributed by atoms with Crippen LogP contribution in [0.3, 0.4) is 0 Å². The fourth-order valence-corrected chi connectivity index (χ4v) is 3.19. The normalized spacial score (nSPS) is 16.0. The maximum Gasteiger partial charge on any atom is 0.315 e. The molecule has 0 bridgehead atoms. The lowest BCUT2D eigenvalue weighted by Crippen LogP contribution is -2.47. The van der Waals surface area contributed by atoms with E-state index in [0.717, 1.165) is 23.4 Å². The second-order valence-electron chi connectivity index (χ2n) is 6.55. The molecule has 0 unspecified atom stereocenters. The van der Waals surface area contributed by atoms with Gasteiger partial charge in [-0.15, -0.1) is 0 Å². The van der Waals surface area contributed by atoms with Gasteiger partial charge in [-0.3, -0.25) is 9.59 Å². The van der Waals surface area contributed by atoms with E-state index in [4.69, 9.17) is 0 Å². The predicted molar refractivity (Wildman–Crippen MR) is 108 cm³/mol. The van der Waals surface area contributed by atoms with E-state index >= 15 is 0 Å². The molecule has 1 aliphatic heterocycles.